The van der Waals surface area contributed by atoms with Gasteiger partial charge in [-0.05, 0) is 35.9 Å². The summed E-state index contributed by atoms with van der Waals surface area (Å²) in [6, 6.07) is 20.6. The van der Waals surface area contributed by atoms with Crippen molar-refractivity contribution >= 4 is 16.7 Å². The van der Waals surface area contributed by atoms with Crippen LogP contribution in [0.5, 0.6) is 0 Å². The molecule has 27 heavy (non-hydrogen) atoms. The van der Waals surface area contributed by atoms with Crippen LogP contribution in [0.25, 0.3) is 22.0 Å². The lowest BCUT2D eigenvalue weighted by molar-refractivity contribution is 0.0945. The third kappa shape index (κ3) is 3.58. The van der Waals surface area contributed by atoms with Crippen molar-refractivity contribution in [3.63, 3.8) is 0 Å². The van der Waals surface area contributed by atoms with Gasteiger partial charge in [-0.3, -0.25) is 9.89 Å². The van der Waals surface area contributed by atoms with Crippen molar-refractivity contribution in [3.8, 4) is 11.3 Å². The minimum Gasteiger partial charge on any atom is -0.347 e. The fourth-order valence-corrected chi connectivity index (χ4v) is 3.04. The molecule has 4 nitrogen and oxygen atoms in total. The van der Waals surface area contributed by atoms with Crippen molar-refractivity contribution in [2.45, 2.75) is 13.5 Å². The van der Waals surface area contributed by atoms with E-state index in [1.54, 1.807) is 18.2 Å². The van der Waals surface area contributed by atoms with E-state index in [4.69, 9.17) is 0 Å². The number of aromatic nitrogens is 2. The molecule has 0 aliphatic heterocycles. The smallest absolute Gasteiger partial charge is 0.269 e. The zero-order valence-corrected chi connectivity index (χ0v) is 14.8. The minimum absolute atomic E-state index is 0.122. The number of hydrogen-bond acceptors (Lipinski definition) is 2. The van der Waals surface area contributed by atoms with Crippen LogP contribution in [-0.2, 0) is 6.54 Å². The Kier molecular flexibility index (Phi) is 4.42. The molecular weight excluding hydrogens is 341 g/mol. The van der Waals surface area contributed by atoms with Crippen LogP contribution in [0.4, 0.5) is 4.39 Å². The van der Waals surface area contributed by atoms with Crippen molar-refractivity contribution in [2.75, 3.05) is 0 Å². The second-order valence-corrected chi connectivity index (χ2v) is 6.51. The van der Waals surface area contributed by atoms with E-state index in [1.807, 2.05) is 49.4 Å². The van der Waals surface area contributed by atoms with Gasteiger partial charge in [0.2, 0.25) is 0 Å². The maximum absolute atomic E-state index is 13.8. The first-order valence-corrected chi connectivity index (χ1v) is 8.68. The van der Waals surface area contributed by atoms with Gasteiger partial charge < -0.3 is 5.32 Å². The summed E-state index contributed by atoms with van der Waals surface area (Å²) < 4.78 is 13.8. The lowest BCUT2D eigenvalue weighted by atomic mass is 10.1. The number of aromatic amines is 1. The molecule has 1 heterocycles. The fourth-order valence-electron chi connectivity index (χ4n) is 3.04. The minimum atomic E-state index is -0.331. The van der Waals surface area contributed by atoms with Gasteiger partial charge in [-0.15, -0.1) is 0 Å². The van der Waals surface area contributed by atoms with Gasteiger partial charge in [0.1, 0.15) is 11.5 Å². The molecule has 0 aliphatic rings. The first-order valence-electron chi connectivity index (χ1n) is 8.68. The number of hydrogen-bond donors (Lipinski definition) is 2. The molecule has 0 fully saturated rings. The molecule has 0 bridgehead atoms. The third-order valence-corrected chi connectivity index (χ3v) is 4.51. The van der Waals surface area contributed by atoms with Crippen LogP contribution >= 0.6 is 0 Å². The number of fused-ring (bicyclic) bond motifs is 1. The number of carbonyl (C=O) groups is 1. The van der Waals surface area contributed by atoms with Crippen LogP contribution in [0.15, 0.2) is 66.7 Å². The van der Waals surface area contributed by atoms with Crippen LogP contribution in [0.3, 0.4) is 0 Å². The number of H-pyrrole nitrogens is 1. The standard InChI is InChI=1S/C22H18FN3O/c1-14-6-9-19(23)18(10-14)13-24-22(27)21-12-20(25-26-21)17-8-7-15-4-2-3-5-16(15)11-17/h2-12H,13H2,1H3,(H,24,27)(H,25,26). The Labute approximate surface area is 156 Å². The van der Waals surface area contributed by atoms with Crippen LogP contribution in [0.1, 0.15) is 21.6 Å². The van der Waals surface area contributed by atoms with E-state index in [-0.39, 0.29) is 18.3 Å². The van der Waals surface area contributed by atoms with Crippen molar-refractivity contribution in [1.82, 2.24) is 15.5 Å². The van der Waals surface area contributed by atoms with Gasteiger partial charge in [-0.2, -0.15) is 5.10 Å². The normalized spacial score (nSPS) is 10.9. The maximum atomic E-state index is 13.8. The monoisotopic (exact) mass is 359 g/mol. The Morgan fingerprint density at radius 3 is 2.70 bits per heavy atom. The lowest BCUT2D eigenvalue weighted by Gasteiger charge is -2.06. The van der Waals surface area contributed by atoms with E-state index in [1.165, 1.54) is 6.07 Å². The van der Waals surface area contributed by atoms with Gasteiger partial charge in [0.25, 0.3) is 5.91 Å². The Morgan fingerprint density at radius 2 is 1.85 bits per heavy atom. The predicted octanol–water partition coefficient (Wildman–Crippen LogP) is 4.61. The number of benzene rings is 3. The third-order valence-electron chi connectivity index (χ3n) is 4.51. The molecule has 4 rings (SSSR count). The summed E-state index contributed by atoms with van der Waals surface area (Å²) in [5.41, 5.74) is 3.35. The lowest BCUT2D eigenvalue weighted by Crippen LogP contribution is -2.23. The molecule has 2 N–H and O–H groups in total. The molecular formula is C22H18FN3O. The van der Waals surface area contributed by atoms with E-state index >= 15 is 0 Å². The van der Waals surface area contributed by atoms with Crippen molar-refractivity contribution in [2.24, 2.45) is 0 Å². The molecule has 1 amide bonds. The van der Waals surface area contributed by atoms with Gasteiger partial charge in [0.05, 0.1) is 5.69 Å². The Hall–Kier alpha value is -3.47. The zero-order valence-electron chi connectivity index (χ0n) is 14.8. The molecule has 0 saturated heterocycles. The van der Waals surface area contributed by atoms with E-state index < -0.39 is 0 Å². The average Bonchev–Trinajstić information content (AvgIpc) is 3.18. The molecule has 0 radical (unpaired) electrons. The maximum Gasteiger partial charge on any atom is 0.269 e. The number of nitrogens with one attached hydrogen (secondary N) is 2. The van der Waals surface area contributed by atoms with Crippen LogP contribution in [-0.4, -0.2) is 16.1 Å². The van der Waals surface area contributed by atoms with Gasteiger partial charge >= 0.3 is 0 Å². The highest BCUT2D eigenvalue weighted by molar-refractivity contribution is 5.94. The average molecular weight is 359 g/mol. The molecule has 1 aromatic heterocycles. The summed E-state index contributed by atoms with van der Waals surface area (Å²) in [6.07, 6.45) is 0. The van der Waals surface area contributed by atoms with E-state index in [0.717, 1.165) is 21.9 Å². The number of aryl methyl sites for hydroxylation is 1. The summed E-state index contributed by atoms with van der Waals surface area (Å²) in [5, 5.41) is 12.0. The number of nitrogens with zero attached hydrogens (tertiary/aromatic N) is 1. The Morgan fingerprint density at radius 1 is 1.04 bits per heavy atom. The first kappa shape index (κ1) is 17.0. The van der Waals surface area contributed by atoms with Gasteiger partial charge in [-0.1, -0.05) is 54.1 Å². The van der Waals surface area contributed by atoms with Crippen LogP contribution in [0.2, 0.25) is 0 Å². The predicted molar refractivity (Wildman–Crippen MR) is 104 cm³/mol. The molecule has 0 spiro atoms. The van der Waals surface area contributed by atoms with Gasteiger partial charge in [0, 0.05) is 17.7 Å². The number of halogens is 1. The highest BCUT2D eigenvalue weighted by Crippen LogP contribution is 2.23. The SMILES string of the molecule is Cc1ccc(F)c(CNC(=O)c2cc(-c3ccc4ccccc4c3)n[nH]2)c1. The largest absolute Gasteiger partial charge is 0.347 e. The van der Waals surface area contributed by atoms with Crippen LogP contribution in [0, 0.1) is 12.7 Å². The first-order chi connectivity index (χ1) is 13.1. The van der Waals surface area contributed by atoms with E-state index in [0.29, 0.717) is 17.0 Å². The second kappa shape index (κ2) is 7.03. The van der Waals surface area contributed by atoms with Crippen molar-refractivity contribution in [3.05, 3.63) is 89.4 Å². The zero-order chi connectivity index (χ0) is 18.8. The van der Waals surface area contributed by atoms with E-state index in [9.17, 15) is 9.18 Å². The number of carbonyl (C=O) groups excluding carboxylic acids is 1. The highest BCUT2D eigenvalue weighted by Gasteiger charge is 2.12. The van der Waals surface area contributed by atoms with Gasteiger partial charge in [0.15, 0.2) is 0 Å². The molecule has 5 heteroatoms. The quantitative estimate of drug-likeness (QED) is 0.559. The number of amides is 1. The van der Waals surface area contributed by atoms with Gasteiger partial charge in [-0.25, -0.2) is 4.39 Å². The molecule has 3 aromatic carbocycles. The van der Waals surface area contributed by atoms with E-state index in [2.05, 4.69) is 15.5 Å². The summed E-state index contributed by atoms with van der Waals surface area (Å²) in [7, 11) is 0. The molecule has 0 atom stereocenters. The Balaban J connectivity index is 1.51. The molecule has 4 aromatic rings. The topological polar surface area (TPSA) is 57.8 Å². The Bertz CT molecular complexity index is 1130. The summed E-state index contributed by atoms with van der Waals surface area (Å²) in [5.74, 6) is -0.655. The van der Waals surface area contributed by atoms with Crippen molar-refractivity contribution in [1.29, 1.82) is 0 Å². The molecule has 0 saturated carbocycles. The van der Waals surface area contributed by atoms with Crippen molar-refractivity contribution < 1.29 is 9.18 Å². The molecule has 0 unspecified atom stereocenters. The summed E-state index contributed by atoms with van der Waals surface area (Å²) in [6.45, 7) is 2.01. The molecule has 0 aliphatic carbocycles. The summed E-state index contributed by atoms with van der Waals surface area (Å²) in [4.78, 5) is 12.4. The molecule has 134 valence electrons. The second-order valence-electron chi connectivity index (χ2n) is 6.51. The fraction of sp³-hybridized carbons (Fsp3) is 0.0909. The highest BCUT2D eigenvalue weighted by atomic mass is 19.1. The van der Waals surface area contributed by atoms with Crippen LogP contribution < -0.4 is 5.32 Å². The number of rotatable bonds is 4. The summed E-state index contributed by atoms with van der Waals surface area (Å²) >= 11 is 0.